The molecule has 1 aromatic carbocycles. The molecule has 2 saturated heterocycles. The summed E-state index contributed by atoms with van der Waals surface area (Å²) in [5.41, 5.74) is 1.06. The van der Waals surface area contributed by atoms with E-state index in [4.69, 9.17) is 4.74 Å². The number of benzene rings is 1. The largest absolute Gasteiger partial charge is 0.492 e. The van der Waals surface area contributed by atoms with E-state index in [1.165, 1.54) is 12.8 Å². The molecule has 3 atom stereocenters. The summed E-state index contributed by atoms with van der Waals surface area (Å²) in [7, 11) is 0. The molecule has 0 spiro atoms. The average molecular weight is 286 g/mol. The monoisotopic (exact) mass is 286 g/mol. The average Bonchev–Trinajstić information content (AvgIpc) is 3.25. The van der Waals surface area contributed by atoms with Crippen LogP contribution in [-0.2, 0) is 4.79 Å². The Kier molecular flexibility index (Phi) is 3.34. The molecule has 1 amide bonds. The van der Waals surface area contributed by atoms with Gasteiger partial charge >= 0.3 is 0 Å². The van der Waals surface area contributed by atoms with E-state index in [9.17, 15) is 4.79 Å². The van der Waals surface area contributed by atoms with Crippen molar-refractivity contribution < 1.29 is 9.53 Å². The van der Waals surface area contributed by atoms with E-state index in [-0.39, 0.29) is 11.8 Å². The third kappa shape index (κ3) is 2.22. The highest BCUT2D eigenvalue weighted by molar-refractivity contribution is 5.86. The second-order valence-electron chi connectivity index (χ2n) is 6.35. The van der Waals surface area contributed by atoms with Crippen molar-refractivity contribution in [3.63, 3.8) is 0 Å². The van der Waals surface area contributed by atoms with Gasteiger partial charge in [0.05, 0.1) is 0 Å². The summed E-state index contributed by atoms with van der Waals surface area (Å²) in [6.45, 7) is 2.50. The maximum absolute atomic E-state index is 13.0. The zero-order valence-corrected chi connectivity index (χ0v) is 12.3. The van der Waals surface area contributed by atoms with Crippen LogP contribution in [0, 0.1) is 0 Å². The van der Waals surface area contributed by atoms with Gasteiger partial charge in [-0.25, -0.2) is 0 Å². The Hall–Kier alpha value is -1.55. The summed E-state index contributed by atoms with van der Waals surface area (Å²) < 4.78 is 5.69. The van der Waals surface area contributed by atoms with Crippen LogP contribution in [0.15, 0.2) is 24.3 Å². The van der Waals surface area contributed by atoms with Gasteiger partial charge in [0.1, 0.15) is 18.3 Å². The molecule has 3 aliphatic rings. The number of nitrogens with one attached hydrogen (secondary N) is 1. The molecule has 0 aromatic heterocycles. The minimum atomic E-state index is -0.108. The van der Waals surface area contributed by atoms with Gasteiger partial charge in [0.2, 0.25) is 5.91 Å². The van der Waals surface area contributed by atoms with Gasteiger partial charge in [0.15, 0.2) is 0 Å². The van der Waals surface area contributed by atoms with Gasteiger partial charge in [0.25, 0.3) is 0 Å². The second kappa shape index (κ2) is 5.34. The molecule has 0 bridgehead atoms. The summed E-state index contributed by atoms with van der Waals surface area (Å²) in [6, 6.07) is 8.83. The quantitative estimate of drug-likeness (QED) is 0.903. The summed E-state index contributed by atoms with van der Waals surface area (Å²) >= 11 is 0. The van der Waals surface area contributed by atoms with E-state index >= 15 is 0 Å². The summed E-state index contributed by atoms with van der Waals surface area (Å²) in [5, 5.41) is 3.57. The number of amides is 1. The van der Waals surface area contributed by atoms with Gasteiger partial charge in [-0.3, -0.25) is 4.79 Å². The summed E-state index contributed by atoms with van der Waals surface area (Å²) in [6.07, 6.45) is 4.70. The third-order valence-corrected chi connectivity index (χ3v) is 5.14. The van der Waals surface area contributed by atoms with Crippen LogP contribution in [0.25, 0.3) is 0 Å². The molecule has 4 heteroatoms. The lowest BCUT2D eigenvalue weighted by atomic mass is 9.98. The predicted octanol–water partition coefficient (Wildman–Crippen LogP) is 1.91. The fourth-order valence-electron chi connectivity index (χ4n) is 4.09. The van der Waals surface area contributed by atoms with Gasteiger partial charge in [0, 0.05) is 24.2 Å². The molecule has 4 rings (SSSR count). The number of carbonyl (C=O) groups is 1. The number of likely N-dealkylation sites (tertiary alicyclic amines) is 1. The van der Waals surface area contributed by atoms with Crippen LogP contribution in [0.5, 0.6) is 5.75 Å². The molecule has 21 heavy (non-hydrogen) atoms. The Morgan fingerprint density at radius 2 is 2.14 bits per heavy atom. The molecule has 1 aromatic rings. The normalized spacial score (nSPS) is 31.2. The lowest BCUT2D eigenvalue weighted by Crippen LogP contribution is -2.48. The Morgan fingerprint density at radius 3 is 3.00 bits per heavy atom. The van der Waals surface area contributed by atoms with Gasteiger partial charge in [-0.2, -0.15) is 0 Å². The first-order valence-corrected chi connectivity index (χ1v) is 8.10. The smallest absolute Gasteiger partial charge is 0.234 e. The third-order valence-electron chi connectivity index (χ3n) is 5.14. The lowest BCUT2D eigenvalue weighted by Gasteiger charge is -2.31. The molecule has 4 nitrogen and oxygen atoms in total. The molecule has 2 fully saturated rings. The molecule has 0 saturated carbocycles. The van der Waals surface area contributed by atoms with E-state index in [2.05, 4.69) is 10.2 Å². The maximum atomic E-state index is 13.0. The summed E-state index contributed by atoms with van der Waals surface area (Å²) in [4.78, 5) is 15.1. The Morgan fingerprint density at radius 1 is 1.24 bits per heavy atom. The molecule has 0 radical (unpaired) electrons. The van der Waals surface area contributed by atoms with Crippen molar-refractivity contribution in [3.05, 3.63) is 29.8 Å². The molecule has 0 aliphatic carbocycles. The molecular weight excluding hydrogens is 264 g/mol. The number of hydrogen-bond donors (Lipinski definition) is 1. The number of fused-ring (bicyclic) bond motifs is 1. The van der Waals surface area contributed by atoms with Gasteiger partial charge < -0.3 is 15.0 Å². The SMILES string of the molecule is O=C(C1COc2ccccc21)N1CCCC1C1CCCN1. The van der Waals surface area contributed by atoms with Crippen molar-refractivity contribution >= 4 is 5.91 Å². The van der Waals surface area contributed by atoms with Crippen LogP contribution < -0.4 is 10.1 Å². The second-order valence-corrected chi connectivity index (χ2v) is 6.35. The first kappa shape index (κ1) is 13.1. The van der Waals surface area contributed by atoms with E-state index in [1.807, 2.05) is 24.3 Å². The standard InChI is InChI=1S/C17H22N2O2/c20-17(13-11-21-16-8-2-1-5-12(13)16)19-10-4-7-15(19)14-6-3-9-18-14/h1-2,5,8,13-15,18H,3-4,6-7,9-11H2. The Balaban J connectivity index is 1.54. The molecular formula is C17H22N2O2. The van der Waals surface area contributed by atoms with E-state index < -0.39 is 0 Å². The van der Waals surface area contributed by atoms with Crippen molar-refractivity contribution in [3.8, 4) is 5.75 Å². The molecule has 1 N–H and O–H groups in total. The van der Waals surface area contributed by atoms with Crippen molar-refractivity contribution in [2.45, 2.75) is 43.7 Å². The first-order valence-electron chi connectivity index (χ1n) is 8.10. The fraction of sp³-hybridized carbons (Fsp3) is 0.588. The molecule has 3 unspecified atom stereocenters. The lowest BCUT2D eigenvalue weighted by molar-refractivity contribution is -0.134. The van der Waals surface area contributed by atoms with E-state index in [0.717, 1.165) is 37.2 Å². The predicted molar refractivity (Wildman–Crippen MR) is 80.4 cm³/mol. The summed E-state index contributed by atoms with van der Waals surface area (Å²) in [5.74, 6) is 1.03. The van der Waals surface area contributed by atoms with Crippen LogP contribution in [0.2, 0.25) is 0 Å². The number of nitrogens with zero attached hydrogens (tertiary/aromatic N) is 1. The highest BCUT2D eigenvalue weighted by Gasteiger charge is 2.40. The van der Waals surface area contributed by atoms with Crippen molar-refractivity contribution in [1.82, 2.24) is 10.2 Å². The maximum Gasteiger partial charge on any atom is 0.234 e. The van der Waals surface area contributed by atoms with Gasteiger partial charge in [-0.15, -0.1) is 0 Å². The Labute approximate surface area is 125 Å². The number of carbonyl (C=O) groups excluding carboxylic acids is 1. The minimum absolute atomic E-state index is 0.108. The highest BCUT2D eigenvalue weighted by Crippen LogP contribution is 2.36. The van der Waals surface area contributed by atoms with Crippen molar-refractivity contribution in [2.24, 2.45) is 0 Å². The zero-order valence-electron chi connectivity index (χ0n) is 12.3. The Bertz CT molecular complexity index is 539. The molecule has 3 heterocycles. The van der Waals surface area contributed by atoms with Gasteiger partial charge in [-0.1, -0.05) is 18.2 Å². The number of para-hydroxylation sites is 1. The topological polar surface area (TPSA) is 41.6 Å². The fourth-order valence-corrected chi connectivity index (χ4v) is 4.09. The molecule has 112 valence electrons. The van der Waals surface area contributed by atoms with E-state index in [1.54, 1.807) is 0 Å². The zero-order chi connectivity index (χ0) is 14.2. The van der Waals surface area contributed by atoms with Crippen LogP contribution >= 0.6 is 0 Å². The van der Waals surface area contributed by atoms with E-state index in [0.29, 0.717) is 18.7 Å². The van der Waals surface area contributed by atoms with Crippen LogP contribution in [-0.4, -0.2) is 42.6 Å². The minimum Gasteiger partial charge on any atom is -0.492 e. The van der Waals surface area contributed by atoms with Crippen LogP contribution in [0.3, 0.4) is 0 Å². The number of rotatable bonds is 2. The van der Waals surface area contributed by atoms with Crippen LogP contribution in [0.1, 0.15) is 37.2 Å². The van der Waals surface area contributed by atoms with Crippen LogP contribution in [0.4, 0.5) is 0 Å². The number of hydrogen-bond acceptors (Lipinski definition) is 3. The first-order chi connectivity index (χ1) is 10.3. The van der Waals surface area contributed by atoms with Crippen molar-refractivity contribution in [2.75, 3.05) is 19.7 Å². The van der Waals surface area contributed by atoms with Gasteiger partial charge in [-0.05, 0) is 38.3 Å². The number of ether oxygens (including phenoxy) is 1. The molecule has 3 aliphatic heterocycles. The highest BCUT2D eigenvalue weighted by atomic mass is 16.5. The van der Waals surface area contributed by atoms with Crippen molar-refractivity contribution in [1.29, 1.82) is 0 Å².